The summed E-state index contributed by atoms with van der Waals surface area (Å²) >= 11 is 0. The Hall–Kier alpha value is -1.29. The highest BCUT2D eigenvalue weighted by molar-refractivity contribution is 5.70. The first-order valence-corrected chi connectivity index (χ1v) is 5.64. The van der Waals surface area contributed by atoms with Crippen molar-refractivity contribution in [3.05, 3.63) is 24.2 Å². The molecule has 1 aliphatic rings. The van der Waals surface area contributed by atoms with Crippen LogP contribution in [0.1, 0.15) is 25.3 Å². The van der Waals surface area contributed by atoms with Gasteiger partial charge in [0, 0.05) is 18.2 Å². The lowest BCUT2D eigenvalue weighted by molar-refractivity contribution is -0.144. The molecule has 1 N–H and O–H groups in total. The number of nitrogens with zero attached hydrogens (tertiary/aromatic N) is 1. The molecule has 0 amide bonds. The normalized spacial score (nSPS) is 26.8. The number of hydrogen-bond donors (Lipinski definition) is 1. The third-order valence-electron chi connectivity index (χ3n) is 3.33. The van der Waals surface area contributed by atoms with Gasteiger partial charge in [0.1, 0.15) is 0 Å². The van der Waals surface area contributed by atoms with E-state index in [9.17, 15) is 4.79 Å². The Labute approximate surface area is 94.9 Å². The minimum Gasteiger partial charge on any atom is -0.481 e. The fourth-order valence-electron chi connectivity index (χ4n) is 2.30. The summed E-state index contributed by atoms with van der Waals surface area (Å²) in [7, 11) is 0. The number of carbonyl (C=O) groups is 1. The van der Waals surface area contributed by atoms with Gasteiger partial charge >= 0.3 is 5.97 Å². The predicted octanol–water partition coefficient (Wildman–Crippen LogP) is 1.96. The van der Waals surface area contributed by atoms with E-state index >= 15 is 0 Å². The Bertz CT molecular complexity index is 347. The summed E-state index contributed by atoms with van der Waals surface area (Å²) in [5, 5.41) is 8.97. The minimum atomic E-state index is -0.658. The van der Waals surface area contributed by atoms with Crippen LogP contribution in [0.5, 0.6) is 0 Å². The zero-order valence-electron chi connectivity index (χ0n) is 9.43. The molecule has 1 saturated heterocycles. The van der Waals surface area contributed by atoms with E-state index in [4.69, 9.17) is 9.52 Å². The maximum Gasteiger partial charge on any atom is 0.306 e. The summed E-state index contributed by atoms with van der Waals surface area (Å²) in [5.74, 6) is -0.828. The topological polar surface area (TPSA) is 53.7 Å². The highest BCUT2D eigenvalue weighted by Crippen LogP contribution is 2.24. The van der Waals surface area contributed by atoms with E-state index in [-0.39, 0.29) is 5.92 Å². The first-order valence-electron chi connectivity index (χ1n) is 5.64. The van der Waals surface area contributed by atoms with Gasteiger partial charge < -0.3 is 9.52 Å². The summed E-state index contributed by atoms with van der Waals surface area (Å²) in [6, 6.07) is 2.28. The standard InChI is InChI=1S/C12H17NO3/c1-9-6-11(12(14)15)2-4-13(9)7-10-3-5-16-8-10/h3,5,8-9,11H,2,4,6-7H2,1H3,(H,14,15). The molecule has 0 spiro atoms. The van der Waals surface area contributed by atoms with Crippen LogP contribution >= 0.6 is 0 Å². The number of hydrogen-bond acceptors (Lipinski definition) is 3. The van der Waals surface area contributed by atoms with Crippen LogP contribution in [0.4, 0.5) is 0 Å². The predicted molar refractivity (Wildman–Crippen MR) is 58.9 cm³/mol. The highest BCUT2D eigenvalue weighted by atomic mass is 16.4. The van der Waals surface area contributed by atoms with Crippen LogP contribution in [0.2, 0.25) is 0 Å². The van der Waals surface area contributed by atoms with E-state index in [1.807, 2.05) is 6.07 Å². The molecule has 16 heavy (non-hydrogen) atoms. The van der Waals surface area contributed by atoms with Crippen molar-refractivity contribution in [1.82, 2.24) is 4.90 Å². The molecule has 1 aromatic rings. The lowest BCUT2D eigenvalue weighted by atomic mass is 9.91. The van der Waals surface area contributed by atoms with Gasteiger partial charge in [-0.15, -0.1) is 0 Å². The quantitative estimate of drug-likeness (QED) is 0.851. The second-order valence-electron chi connectivity index (χ2n) is 4.51. The molecule has 1 aromatic heterocycles. The maximum atomic E-state index is 10.9. The van der Waals surface area contributed by atoms with E-state index in [1.54, 1.807) is 12.5 Å². The van der Waals surface area contributed by atoms with Crippen molar-refractivity contribution >= 4 is 5.97 Å². The van der Waals surface area contributed by atoms with Crippen molar-refractivity contribution in [2.24, 2.45) is 5.92 Å². The van der Waals surface area contributed by atoms with Crippen LogP contribution in [0.25, 0.3) is 0 Å². The number of carboxylic acids is 1. The molecule has 2 unspecified atom stereocenters. The maximum absolute atomic E-state index is 10.9. The lowest BCUT2D eigenvalue weighted by Gasteiger charge is -2.35. The molecule has 2 atom stereocenters. The average molecular weight is 223 g/mol. The van der Waals surface area contributed by atoms with Gasteiger partial charge in [-0.05, 0) is 32.4 Å². The van der Waals surface area contributed by atoms with Crippen molar-refractivity contribution in [1.29, 1.82) is 0 Å². The number of likely N-dealkylation sites (tertiary alicyclic amines) is 1. The number of aliphatic carboxylic acids is 1. The lowest BCUT2D eigenvalue weighted by Crippen LogP contribution is -2.42. The van der Waals surface area contributed by atoms with Gasteiger partial charge in [0.05, 0.1) is 18.4 Å². The van der Waals surface area contributed by atoms with Crippen LogP contribution < -0.4 is 0 Å². The molecule has 0 bridgehead atoms. The summed E-state index contributed by atoms with van der Waals surface area (Å²) < 4.78 is 5.03. The molecule has 0 aromatic carbocycles. The first-order chi connectivity index (χ1) is 7.66. The molecular weight excluding hydrogens is 206 g/mol. The minimum absolute atomic E-state index is 0.171. The molecule has 4 heteroatoms. The Balaban J connectivity index is 1.91. The van der Waals surface area contributed by atoms with E-state index < -0.39 is 5.97 Å². The van der Waals surface area contributed by atoms with Gasteiger partial charge in [-0.2, -0.15) is 0 Å². The van der Waals surface area contributed by atoms with E-state index in [2.05, 4.69) is 11.8 Å². The SMILES string of the molecule is CC1CC(C(=O)O)CCN1Cc1ccoc1. The molecule has 4 nitrogen and oxygen atoms in total. The van der Waals surface area contributed by atoms with Crippen LogP contribution in [-0.4, -0.2) is 28.6 Å². The molecular formula is C12H17NO3. The van der Waals surface area contributed by atoms with E-state index in [1.165, 1.54) is 0 Å². The zero-order valence-corrected chi connectivity index (χ0v) is 9.43. The average Bonchev–Trinajstić information content (AvgIpc) is 2.73. The van der Waals surface area contributed by atoms with Gasteiger partial charge in [0.25, 0.3) is 0 Å². The molecule has 0 saturated carbocycles. The first kappa shape index (κ1) is 11.2. The van der Waals surface area contributed by atoms with Gasteiger partial charge in [-0.25, -0.2) is 0 Å². The summed E-state index contributed by atoms with van der Waals surface area (Å²) in [6.07, 6.45) is 4.91. The molecule has 1 aliphatic heterocycles. The van der Waals surface area contributed by atoms with Crippen LogP contribution in [0, 0.1) is 5.92 Å². The van der Waals surface area contributed by atoms with Crippen LogP contribution in [0.15, 0.2) is 23.0 Å². The second kappa shape index (κ2) is 4.70. The van der Waals surface area contributed by atoms with Gasteiger partial charge in [0.2, 0.25) is 0 Å². The third kappa shape index (κ3) is 2.44. The third-order valence-corrected chi connectivity index (χ3v) is 3.33. The number of rotatable bonds is 3. The van der Waals surface area contributed by atoms with Crippen LogP contribution in [-0.2, 0) is 11.3 Å². The Morgan fingerprint density at radius 3 is 3.06 bits per heavy atom. The molecule has 0 radical (unpaired) electrons. The van der Waals surface area contributed by atoms with E-state index in [0.29, 0.717) is 6.04 Å². The summed E-state index contributed by atoms with van der Waals surface area (Å²) in [6.45, 7) is 3.79. The highest BCUT2D eigenvalue weighted by Gasteiger charge is 2.29. The Morgan fingerprint density at radius 2 is 2.50 bits per heavy atom. The van der Waals surface area contributed by atoms with Crippen LogP contribution in [0.3, 0.4) is 0 Å². The van der Waals surface area contributed by atoms with Gasteiger partial charge in [-0.3, -0.25) is 9.69 Å². The monoisotopic (exact) mass is 223 g/mol. The molecule has 2 rings (SSSR count). The smallest absolute Gasteiger partial charge is 0.306 e. The van der Waals surface area contributed by atoms with Crippen molar-refractivity contribution in [2.45, 2.75) is 32.4 Å². The van der Waals surface area contributed by atoms with Crippen molar-refractivity contribution in [2.75, 3.05) is 6.54 Å². The van der Waals surface area contributed by atoms with Crippen molar-refractivity contribution in [3.63, 3.8) is 0 Å². The number of piperidine rings is 1. The zero-order chi connectivity index (χ0) is 11.5. The second-order valence-corrected chi connectivity index (χ2v) is 4.51. The number of carboxylic acid groups (broad SMARTS) is 1. The molecule has 2 heterocycles. The Morgan fingerprint density at radius 1 is 1.69 bits per heavy atom. The summed E-state index contributed by atoms with van der Waals surface area (Å²) in [5.41, 5.74) is 1.15. The van der Waals surface area contributed by atoms with Gasteiger partial charge in [0.15, 0.2) is 0 Å². The largest absolute Gasteiger partial charge is 0.481 e. The van der Waals surface area contributed by atoms with Gasteiger partial charge in [-0.1, -0.05) is 0 Å². The molecule has 0 aliphatic carbocycles. The molecule has 1 fully saturated rings. The van der Waals surface area contributed by atoms with E-state index in [0.717, 1.165) is 31.5 Å². The summed E-state index contributed by atoms with van der Waals surface area (Å²) in [4.78, 5) is 13.2. The van der Waals surface area contributed by atoms with Crippen molar-refractivity contribution < 1.29 is 14.3 Å². The Kier molecular flexibility index (Phi) is 3.29. The number of furan rings is 1. The fraction of sp³-hybridized carbons (Fsp3) is 0.583. The fourth-order valence-corrected chi connectivity index (χ4v) is 2.30. The van der Waals surface area contributed by atoms with Crippen molar-refractivity contribution in [3.8, 4) is 0 Å². The molecule has 88 valence electrons.